The first-order chi connectivity index (χ1) is 19.3. The number of aliphatic hydroxyl groups excluding tert-OH is 1. The van der Waals surface area contributed by atoms with Gasteiger partial charge >= 0.3 is 0 Å². The molecule has 0 aromatic carbocycles. The molecule has 4 aliphatic rings. The van der Waals surface area contributed by atoms with E-state index in [0.29, 0.717) is 58.8 Å². The number of halogens is 1. The van der Waals surface area contributed by atoms with E-state index in [9.17, 15) is 19.5 Å². The zero-order valence-corrected chi connectivity index (χ0v) is 26.3. The van der Waals surface area contributed by atoms with Crippen LogP contribution >= 0.6 is 27.7 Å². The normalized spacial score (nSPS) is 32.1. The van der Waals surface area contributed by atoms with Gasteiger partial charge in [0.05, 0.1) is 42.4 Å². The average Bonchev–Trinajstić information content (AvgIpc) is 3.55. The van der Waals surface area contributed by atoms with Gasteiger partial charge in [-0.3, -0.25) is 19.3 Å². The Hall–Kier alpha value is -1.40. The number of likely N-dealkylation sites (tertiary alicyclic amines) is 1. The third kappa shape index (κ3) is 5.65. The number of alkyl halides is 1. The maximum Gasteiger partial charge on any atom is 0.247 e. The van der Waals surface area contributed by atoms with Crippen LogP contribution in [0.4, 0.5) is 0 Å². The van der Waals surface area contributed by atoms with Crippen molar-refractivity contribution in [2.75, 3.05) is 65.6 Å². The summed E-state index contributed by atoms with van der Waals surface area (Å²) in [4.78, 5) is 50.6. The lowest BCUT2D eigenvalue weighted by molar-refractivity contribution is -0.147. The van der Waals surface area contributed by atoms with Gasteiger partial charge in [0.25, 0.3) is 0 Å². The third-order valence-corrected chi connectivity index (χ3v) is 12.1. The zero-order chi connectivity index (χ0) is 29.0. The SMILES string of the molecule is C=CCN(CCN1CCOCC1)C(=O)C1N([C@@H](CC)CO)C(=O)[C@@H]2[C@H](C(=O)N(CC=C)CCC)[C@H]3SC12CC3Br. The Kier molecular flexibility index (Phi) is 10.8. The second-order valence-electron chi connectivity index (χ2n) is 11.3. The van der Waals surface area contributed by atoms with Crippen LogP contribution in [-0.2, 0) is 19.1 Å². The summed E-state index contributed by atoms with van der Waals surface area (Å²) >= 11 is 5.50. The van der Waals surface area contributed by atoms with E-state index in [4.69, 9.17) is 4.74 Å². The van der Waals surface area contributed by atoms with E-state index in [0.717, 1.165) is 19.5 Å². The summed E-state index contributed by atoms with van der Waals surface area (Å²) in [6, 6.07) is -1.24. The van der Waals surface area contributed by atoms with Gasteiger partial charge in [-0.25, -0.2) is 0 Å². The number of rotatable bonds is 14. The maximum absolute atomic E-state index is 14.6. The van der Waals surface area contributed by atoms with Gasteiger partial charge in [-0.15, -0.1) is 24.9 Å². The third-order valence-electron chi connectivity index (χ3n) is 8.93. The molecule has 0 aromatic heterocycles. The van der Waals surface area contributed by atoms with Crippen LogP contribution in [0.25, 0.3) is 0 Å². The summed E-state index contributed by atoms with van der Waals surface area (Å²) in [5, 5.41) is 10.3. The highest BCUT2D eigenvalue weighted by Gasteiger charge is 2.76. The molecule has 40 heavy (non-hydrogen) atoms. The Morgan fingerprint density at radius 2 is 1.82 bits per heavy atom. The molecule has 4 rings (SSSR count). The van der Waals surface area contributed by atoms with Crippen molar-refractivity contribution in [2.45, 2.75) is 60.0 Å². The van der Waals surface area contributed by atoms with Gasteiger partial charge in [0.1, 0.15) is 6.04 Å². The highest BCUT2D eigenvalue weighted by Crippen LogP contribution is 2.68. The molecule has 3 unspecified atom stereocenters. The highest BCUT2D eigenvalue weighted by molar-refractivity contribution is 9.09. The quantitative estimate of drug-likeness (QED) is 0.229. The van der Waals surface area contributed by atoms with Crippen LogP contribution < -0.4 is 0 Å². The number of ether oxygens (including phenoxy) is 1. The summed E-state index contributed by atoms with van der Waals surface area (Å²) in [7, 11) is 0. The summed E-state index contributed by atoms with van der Waals surface area (Å²) in [5.74, 6) is -1.46. The lowest BCUT2D eigenvalue weighted by Crippen LogP contribution is -2.58. The lowest BCUT2D eigenvalue weighted by Gasteiger charge is -2.40. The van der Waals surface area contributed by atoms with Crippen molar-refractivity contribution in [3.63, 3.8) is 0 Å². The molecule has 7 atom stereocenters. The van der Waals surface area contributed by atoms with Crippen molar-refractivity contribution in [3.05, 3.63) is 25.3 Å². The molecule has 1 N–H and O–H groups in total. The summed E-state index contributed by atoms with van der Waals surface area (Å²) in [6.07, 6.45) is 5.41. The number of hydrogen-bond acceptors (Lipinski definition) is 7. The van der Waals surface area contributed by atoms with Crippen LogP contribution in [0.1, 0.15) is 33.1 Å². The van der Waals surface area contributed by atoms with Crippen LogP contribution in [0.15, 0.2) is 25.3 Å². The first-order valence-corrected chi connectivity index (χ1v) is 16.4. The molecule has 11 heteroatoms. The average molecular weight is 642 g/mol. The predicted octanol–water partition coefficient (Wildman–Crippen LogP) is 1.99. The number of fused-ring (bicyclic) bond motifs is 1. The number of amides is 3. The number of carbonyl (C=O) groups excluding carboxylic acids is 3. The van der Waals surface area contributed by atoms with Crippen molar-refractivity contribution in [1.29, 1.82) is 0 Å². The van der Waals surface area contributed by atoms with Crippen molar-refractivity contribution in [1.82, 2.24) is 19.6 Å². The second-order valence-corrected chi connectivity index (χ2v) is 14.0. The number of hydrogen-bond donors (Lipinski definition) is 1. The van der Waals surface area contributed by atoms with E-state index in [-0.39, 0.29) is 34.4 Å². The van der Waals surface area contributed by atoms with Gasteiger partial charge in [-0.1, -0.05) is 41.9 Å². The van der Waals surface area contributed by atoms with E-state index in [1.54, 1.807) is 33.7 Å². The van der Waals surface area contributed by atoms with Crippen LogP contribution in [0.3, 0.4) is 0 Å². The molecule has 3 amide bonds. The molecule has 224 valence electrons. The predicted molar refractivity (Wildman–Crippen MR) is 161 cm³/mol. The fraction of sp³-hybridized carbons (Fsp3) is 0.759. The Morgan fingerprint density at radius 1 is 1.18 bits per heavy atom. The first-order valence-electron chi connectivity index (χ1n) is 14.6. The van der Waals surface area contributed by atoms with Gasteiger partial charge in [-0.2, -0.15) is 0 Å². The van der Waals surface area contributed by atoms with Crippen LogP contribution in [0, 0.1) is 11.8 Å². The standard InChI is InChI=1S/C29H45BrN4O5S/c1-5-9-32(10-6-2)26(36)22-23-27(37)34(20(8-4)19-35)25(29(23)18-21(30)24(22)40-29)28(38)33(11-7-3)13-12-31-14-16-39-17-15-31/h5,7,20-25,35H,1,3,6,8-19H2,2,4H3/t20-,21?,22-,23-,24-,25?,29?/m0/s1. The van der Waals surface area contributed by atoms with Crippen molar-refractivity contribution in [3.8, 4) is 0 Å². The van der Waals surface area contributed by atoms with Crippen LogP contribution in [0.5, 0.6) is 0 Å². The molecule has 0 aromatic rings. The Labute approximate surface area is 251 Å². The van der Waals surface area contributed by atoms with Gasteiger partial charge in [0.2, 0.25) is 17.7 Å². The maximum atomic E-state index is 14.6. The van der Waals surface area contributed by atoms with E-state index in [2.05, 4.69) is 34.0 Å². The van der Waals surface area contributed by atoms with Gasteiger partial charge in [0.15, 0.2) is 0 Å². The van der Waals surface area contributed by atoms with Crippen LogP contribution in [0.2, 0.25) is 0 Å². The molecular formula is C29H45BrN4O5S. The highest BCUT2D eigenvalue weighted by atomic mass is 79.9. The van der Waals surface area contributed by atoms with E-state index in [1.807, 2.05) is 18.7 Å². The van der Waals surface area contributed by atoms with Crippen molar-refractivity contribution in [2.24, 2.45) is 11.8 Å². The fourth-order valence-corrected chi connectivity index (χ4v) is 10.7. The number of nitrogens with zero attached hydrogens (tertiary/aromatic N) is 4. The molecule has 4 aliphatic heterocycles. The molecule has 0 radical (unpaired) electrons. The number of thioether (sulfide) groups is 1. The Balaban J connectivity index is 1.70. The molecular weight excluding hydrogens is 596 g/mol. The molecule has 2 bridgehead atoms. The lowest BCUT2D eigenvalue weighted by atomic mass is 9.70. The molecule has 9 nitrogen and oxygen atoms in total. The fourth-order valence-electron chi connectivity index (χ4n) is 7.07. The summed E-state index contributed by atoms with van der Waals surface area (Å²) in [6.45, 7) is 17.1. The molecule has 4 fully saturated rings. The zero-order valence-electron chi connectivity index (χ0n) is 23.9. The monoisotopic (exact) mass is 640 g/mol. The minimum atomic E-state index is -0.751. The molecule has 0 aliphatic carbocycles. The van der Waals surface area contributed by atoms with Gasteiger partial charge in [-0.05, 0) is 19.3 Å². The first kappa shape index (κ1) is 31.5. The van der Waals surface area contributed by atoms with Crippen LogP contribution in [-0.4, -0.2) is 135 Å². The number of aliphatic hydroxyl groups is 1. The summed E-state index contributed by atoms with van der Waals surface area (Å²) < 4.78 is 4.74. The molecule has 0 saturated carbocycles. The second kappa shape index (κ2) is 13.7. The molecule has 4 heterocycles. The Bertz CT molecular complexity index is 961. The van der Waals surface area contributed by atoms with Gasteiger partial charge < -0.3 is 24.5 Å². The van der Waals surface area contributed by atoms with Gasteiger partial charge in [0, 0.05) is 55.9 Å². The largest absolute Gasteiger partial charge is 0.394 e. The molecule has 4 saturated heterocycles. The smallest absolute Gasteiger partial charge is 0.247 e. The summed E-state index contributed by atoms with van der Waals surface area (Å²) in [5.41, 5.74) is 0. The number of morpholine rings is 1. The van der Waals surface area contributed by atoms with Crippen molar-refractivity contribution >= 4 is 45.4 Å². The van der Waals surface area contributed by atoms with Crippen molar-refractivity contribution < 1.29 is 24.2 Å². The van der Waals surface area contributed by atoms with E-state index in [1.165, 1.54) is 0 Å². The van der Waals surface area contributed by atoms with E-state index < -0.39 is 28.7 Å². The Morgan fingerprint density at radius 3 is 2.40 bits per heavy atom. The van der Waals surface area contributed by atoms with E-state index >= 15 is 0 Å². The minimum Gasteiger partial charge on any atom is -0.394 e. The molecule has 1 spiro atoms. The number of carbonyl (C=O) groups is 3. The minimum absolute atomic E-state index is 0.00775. The topological polar surface area (TPSA) is 93.6 Å².